The normalized spacial score (nSPS) is 19.3. The van der Waals surface area contributed by atoms with Crippen LogP contribution in [0.3, 0.4) is 0 Å². The van der Waals surface area contributed by atoms with Gasteiger partial charge in [-0.3, -0.25) is 4.79 Å². The summed E-state index contributed by atoms with van der Waals surface area (Å²) in [6.45, 7) is -0.397. The second kappa shape index (κ2) is 10.5. The number of carbonyl (C=O) groups is 4. The zero-order valence-electron chi connectivity index (χ0n) is 17.9. The first-order valence-electron chi connectivity index (χ1n) is 10.5. The molecule has 0 amide bonds. The number of rotatable bonds is 7. The number of ketones is 1. The molecule has 3 aromatic rings. The van der Waals surface area contributed by atoms with Crippen molar-refractivity contribution in [3.05, 3.63) is 108 Å². The number of carbonyl (C=O) groups excluding carboxylic acids is 4. The summed E-state index contributed by atoms with van der Waals surface area (Å²) in [5.41, 5.74) is 0.743. The lowest BCUT2D eigenvalue weighted by Gasteiger charge is -2.17. The lowest BCUT2D eigenvalue weighted by atomic mass is 10.1. The number of benzene rings is 3. The Morgan fingerprint density at radius 1 is 0.647 bits per heavy atom. The van der Waals surface area contributed by atoms with Gasteiger partial charge in [0.25, 0.3) is 6.29 Å². The highest BCUT2D eigenvalue weighted by molar-refractivity contribution is 5.97. The third kappa shape index (κ3) is 5.36. The van der Waals surface area contributed by atoms with Gasteiger partial charge in [-0.15, -0.1) is 0 Å². The van der Waals surface area contributed by atoms with Gasteiger partial charge in [0.1, 0.15) is 12.7 Å². The van der Waals surface area contributed by atoms with Gasteiger partial charge >= 0.3 is 17.9 Å². The van der Waals surface area contributed by atoms with Gasteiger partial charge < -0.3 is 18.9 Å². The molecule has 34 heavy (non-hydrogen) atoms. The molecule has 0 aromatic heterocycles. The fraction of sp³-hybridized carbons (Fsp3) is 0.154. The molecule has 0 N–H and O–H groups in total. The van der Waals surface area contributed by atoms with E-state index in [2.05, 4.69) is 0 Å². The molecule has 0 bridgehead atoms. The predicted octanol–water partition coefficient (Wildman–Crippen LogP) is 3.22. The van der Waals surface area contributed by atoms with Gasteiger partial charge in [-0.25, -0.2) is 14.4 Å². The minimum atomic E-state index is -1.62. The van der Waals surface area contributed by atoms with Crippen LogP contribution in [-0.2, 0) is 23.7 Å². The molecule has 8 heteroatoms. The third-order valence-electron chi connectivity index (χ3n) is 5.00. The van der Waals surface area contributed by atoms with Crippen LogP contribution in [0.5, 0.6) is 0 Å². The van der Waals surface area contributed by atoms with Gasteiger partial charge in [0.15, 0.2) is 6.10 Å². The Morgan fingerprint density at radius 3 is 1.59 bits per heavy atom. The Balaban J connectivity index is 1.48. The third-order valence-corrected chi connectivity index (χ3v) is 5.00. The van der Waals surface area contributed by atoms with Gasteiger partial charge in [-0.05, 0) is 36.4 Å². The monoisotopic (exact) mass is 460 g/mol. The Labute approximate surface area is 195 Å². The van der Waals surface area contributed by atoms with Gasteiger partial charge in [0.05, 0.1) is 16.7 Å². The van der Waals surface area contributed by atoms with Crippen LogP contribution in [0.1, 0.15) is 31.1 Å². The smallest absolute Gasteiger partial charge is 0.340 e. The summed E-state index contributed by atoms with van der Waals surface area (Å²) in [5.74, 6) is -2.96. The number of hydrogen-bond donors (Lipinski definition) is 0. The van der Waals surface area contributed by atoms with E-state index in [-0.39, 0.29) is 11.1 Å². The van der Waals surface area contributed by atoms with Crippen molar-refractivity contribution in [3.8, 4) is 0 Å². The van der Waals surface area contributed by atoms with Crippen molar-refractivity contribution in [3.63, 3.8) is 0 Å². The number of Topliss-reactive ketones (excluding diaryl/α,β-unsaturated/α-hetero) is 1. The van der Waals surface area contributed by atoms with Crippen molar-refractivity contribution in [1.82, 2.24) is 0 Å². The summed E-state index contributed by atoms with van der Waals surface area (Å²) in [5, 5.41) is 0. The number of esters is 3. The molecule has 1 heterocycles. The fourth-order valence-corrected chi connectivity index (χ4v) is 3.27. The largest absolute Gasteiger partial charge is 0.459 e. The van der Waals surface area contributed by atoms with E-state index < -0.39 is 48.8 Å². The highest BCUT2D eigenvalue weighted by Crippen LogP contribution is 2.24. The maximum absolute atomic E-state index is 12.9. The van der Waals surface area contributed by atoms with Crippen LogP contribution in [0, 0.1) is 0 Å². The molecule has 172 valence electrons. The Kier molecular flexibility index (Phi) is 7.10. The molecule has 0 radical (unpaired) electrons. The molecule has 1 aliphatic rings. The van der Waals surface area contributed by atoms with Crippen molar-refractivity contribution >= 4 is 23.7 Å². The maximum atomic E-state index is 12.9. The van der Waals surface area contributed by atoms with Crippen LogP contribution in [0.15, 0.2) is 91.0 Å². The van der Waals surface area contributed by atoms with E-state index in [4.69, 9.17) is 18.9 Å². The highest BCUT2D eigenvalue weighted by atomic mass is 16.7. The standard InChI is InChI=1S/C26H20O8/c27-21-22(33-24(29)18-12-6-2-7-13-18)20(16-31-23(28)17-10-4-1-5-11-17)32-26(21)34-25(30)19-14-8-3-9-15-19/h1-15,20,22,26H,16H2. The van der Waals surface area contributed by atoms with E-state index >= 15 is 0 Å². The van der Waals surface area contributed by atoms with Crippen molar-refractivity contribution in [2.24, 2.45) is 0 Å². The number of hydrogen-bond acceptors (Lipinski definition) is 8. The maximum Gasteiger partial charge on any atom is 0.340 e. The Bertz CT molecular complexity index is 1160. The van der Waals surface area contributed by atoms with Gasteiger partial charge in [-0.1, -0.05) is 54.6 Å². The molecule has 4 rings (SSSR count). The summed E-state index contributed by atoms with van der Waals surface area (Å²) in [7, 11) is 0. The molecule has 1 aliphatic heterocycles. The minimum absolute atomic E-state index is 0.218. The number of ether oxygens (including phenoxy) is 4. The van der Waals surface area contributed by atoms with Gasteiger partial charge in [0, 0.05) is 0 Å². The molecule has 0 saturated carbocycles. The summed E-state index contributed by atoms with van der Waals surface area (Å²) in [6, 6.07) is 24.4. The first-order valence-corrected chi connectivity index (χ1v) is 10.5. The van der Waals surface area contributed by atoms with Crippen LogP contribution in [0.25, 0.3) is 0 Å². The second-order valence-electron chi connectivity index (χ2n) is 7.34. The lowest BCUT2D eigenvalue weighted by molar-refractivity contribution is -0.147. The molecule has 1 saturated heterocycles. The van der Waals surface area contributed by atoms with Crippen molar-refractivity contribution < 1.29 is 38.1 Å². The van der Waals surface area contributed by atoms with Crippen molar-refractivity contribution in [1.29, 1.82) is 0 Å². The van der Waals surface area contributed by atoms with E-state index in [0.717, 1.165) is 0 Å². The average molecular weight is 460 g/mol. The summed E-state index contributed by atoms with van der Waals surface area (Å²) >= 11 is 0. The molecule has 1 fully saturated rings. The van der Waals surface area contributed by atoms with E-state index in [1.54, 1.807) is 66.7 Å². The quantitative estimate of drug-likeness (QED) is 0.391. The van der Waals surface area contributed by atoms with Gasteiger partial charge in [0.2, 0.25) is 5.78 Å². The molecule has 0 aliphatic carbocycles. The van der Waals surface area contributed by atoms with Crippen molar-refractivity contribution in [2.75, 3.05) is 6.61 Å². The summed E-state index contributed by atoms with van der Waals surface area (Å²) < 4.78 is 21.4. The van der Waals surface area contributed by atoms with Crippen LogP contribution >= 0.6 is 0 Å². The van der Waals surface area contributed by atoms with E-state index in [9.17, 15) is 19.2 Å². The molecule has 8 nitrogen and oxygen atoms in total. The van der Waals surface area contributed by atoms with Crippen LogP contribution in [-0.4, -0.2) is 48.8 Å². The summed E-state index contributed by atoms with van der Waals surface area (Å²) in [4.78, 5) is 50.2. The average Bonchev–Trinajstić information content (AvgIpc) is 3.17. The highest BCUT2D eigenvalue weighted by Gasteiger charge is 2.49. The Morgan fingerprint density at radius 2 is 1.09 bits per heavy atom. The lowest BCUT2D eigenvalue weighted by Crippen LogP contribution is -2.36. The minimum Gasteiger partial charge on any atom is -0.459 e. The summed E-state index contributed by atoms with van der Waals surface area (Å²) in [6.07, 6.45) is -4.23. The van der Waals surface area contributed by atoms with Crippen LogP contribution in [0.2, 0.25) is 0 Å². The van der Waals surface area contributed by atoms with Crippen LogP contribution in [0.4, 0.5) is 0 Å². The zero-order chi connectivity index (χ0) is 23.9. The molecule has 0 spiro atoms. The van der Waals surface area contributed by atoms with E-state index in [0.29, 0.717) is 5.56 Å². The van der Waals surface area contributed by atoms with E-state index in [1.165, 1.54) is 24.3 Å². The van der Waals surface area contributed by atoms with E-state index in [1.807, 2.05) is 0 Å². The molecular weight excluding hydrogens is 440 g/mol. The topological polar surface area (TPSA) is 105 Å². The second-order valence-corrected chi connectivity index (χ2v) is 7.34. The predicted molar refractivity (Wildman–Crippen MR) is 118 cm³/mol. The molecule has 3 unspecified atom stereocenters. The van der Waals surface area contributed by atoms with Crippen molar-refractivity contribution in [2.45, 2.75) is 18.5 Å². The molecular formula is C26H20O8. The fourth-order valence-electron chi connectivity index (χ4n) is 3.27. The van der Waals surface area contributed by atoms with Crippen LogP contribution < -0.4 is 0 Å². The molecule has 3 aromatic carbocycles. The first kappa shape index (κ1) is 22.9. The van der Waals surface area contributed by atoms with Gasteiger partial charge in [-0.2, -0.15) is 0 Å². The first-order chi connectivity index (χ1) is 16.5. The Hall–Kier alpha value is -4.30. The molecule has 3 atom stereocenters. The zero-order valence-corrected chi connectivity index (χ0v) is 17.9. The SMILES string of the molecule is O=C(OCC1OC(OC(=O)c2ccccc2)C(=O)C1OC(=O)c1ccccc1)c1ccccc1.